The minimum Gasteiger partial charge on any atom is -0.383 e. The molecule has 0 unspecified atom stereocenters. The van der Waals surface area contributed by atoms with Crippen molar-refractivity contribution >= 4 is 10.9 Å². The Morgan fingerprint density at radius 3 is 2.90 bits per heavy atom. The minimum absolute atomic E-state index is 0.781. The number of rotatable bonds is 8. The molecule has 2 rings (SSSR count). The smallest absolute Gasteiger partial charge is 0.0746 e. The number of para-hydroxylation sites is 1. The van der Waals surface area contributed by atoms with Crippen LogP contribution in [0.15, 0.2) is 36.5 Å². The normalized spacial score (nSPS) is 11.3. The first-order valence-electron chi connectivity index (χ1n) is 7.02. The van der Waals surface area contributed by atoms with Crippen molar-refractivity contribution in [2.24, 2.45) is 0 Å². The molecular formula is C16H23N3O. The van der Waals surface area contributed by atoms with E-state index in [2.05, 4.69) is 46.5 Å². The molecule has 4 nitrogen and oxygen atoms in total. The quantitative estimate of drug-likeness (QED) is 0.746. The van der Waals surface area contributed by atoms with Crippen LogP contribution in [0.4, 0.5) is 0 Å². The van der Waals surface area contributed by atoms with Gasteiger partial charge in [-0.05, 0) is 18.7 Å². The fourth-order valence-corrected chi connectivity index (χ4v) is 2.16. The molecular weight excluding hydrogens is 250 g/mol. The number of hydrogen-bond donors (Lipinski definition) is 1. The van der Waals surface area contributed by atoms with Gasteiger partial charge in [0.1, 0.15) is 0 Å². The van der Waals surface area contributed by atoms with Gasteiger partial charge in [-0.25, -0.2) is 0 Å². The van der Waals surface area contributed by atoms with Crippen LogP contribution in [0.2, 0.25) is 0 Å². The molecule has 0 amide bonds. The topological polar surface area (TPSA) is 37.4 Å². The molecule has 0 saturated heterocycles. The summed E-state index contributed by atoms with van der Waals surface area (Å²) in [6.07, 6.45) is 1.85. The number of likely N-dealkylation sites (N-methyl/N-ethyl adjacent to an activating group) is 1. The number of ether oxygens (including phenoxy) is 1. The van der Waals surface area contributed by atoms with E-state index in [1.54, 1.807) is 7.11 Å². The number of benzene rings is 1. The van der Waals surface area contributed by atoms with Crippen molar-refractivity contribution in [2.75, 3.05) is 40.4 Å². The van der Waals surface area contributed by atoms with E-state index in [9.17, 15) is 0 Å². The molecule has 0 spiro atoms. The molecule has 0 aliphatic heterocycles. The lowest BCUT2D eigenvalue weighted by Gasteiger charge is -2.16. The summed E-state index contributed by atoms with van der Waals surface area (Å²) in [4.78, 5) is 6.73. The molecule has 0 atom stereocenters. The number of methoxy groups -OCH3 is 1. The lowest BCUT2D eigenvalue weighted by atomic mass is 10.1. The van der Waals surface area contributed by atoms with E-state index in [-0.39, 0.29) is 0 Å². The molecule has 0 saturated carbocycles. The molecule has 1 aromatic heterocycles. The Hall–Kier alpha value is -1.49. The largest absolute Gasteiger partial charge is 0.383 e. The molecule has 0 aliphatic rings. The minimum atomic E-state index is 0.781. The third-order valence-electron chi connectivity index (χ3n) is 3.38. The van der Waals surface area contributed by atoms with Crippen LogP contribution in [0, 0.1) is 0 Å². The van der Waals surface area contributed by atoms with E-state index in [0.29, 0.717) is 0 Å². The number of nitrogens with one attached hydrogen (secondary N) is 1. The fraction of sp³-hybridized carbons (Fsp3) is 0.438. The van der Waals surface area contributed by atoms with Crippen LogP contribution < -0.4 is 5.32 Å². The molecule has 108 valence electrons. The van der Waals surface area contributed by atoms with Crippen LogP contribution in [-0.2, 0) is 11.3 Å². The van der Waals surface area contributed by atoms with Gasteiger partial charge >= 0.3 is 0 Å². The Labute approximate surface area is 120 Å². The molecule has 1 aromatic carbocycles. The van der Waals surface area contributed by atoms with Gasteiger partial charge in [-0.3, -0.25) is 4.98 Å². The number of hydrogen-bond acceptors (Lipinski definition) is 4. The zero-order chi connectivity index (χ0) is 14.2. The average Bonchev–Trinajstić information content (AvgIpc) is 2.49. The predicted octanol–water partition coefficient (Wildman–Crippen LogP) is 1.90. The lowest BCUT2D eigenvalue weighted by Crippen LogP contribution is -2.31. The monoisotopic (exact) mass is 273 g/mol. The summed E-state index contributed by atoms with van der Waals surface area (Å²) in [5.41, 5.74) is 2.35. The summed E-state index contributed by atoms with van der Waals surface area (Å²) in [5.74, 6) is 0. The maximum absolute atomic E-state index is 5.07. The van der Waals surface area contributed by atoms with Crippen LogP contribution in [0.3, 0.4) is 0 Å². The van der Waals surface area contributed by atoms with Crippen LogP contribution in [0.1, 0.15) is 5.56 Å². The van der Waals surface area contributed by atoms with Gasteiger partial charge < -0.3 is 15.0 Å². The summed E-state index contributed by atoms with van der Waals surface area (Å²) >= 11 is 0. The number of fused-ring (bicyclic) bond motifs is 1. The zero-order valence-corrected chi connectivity index (χ0v) is 12.3. The maximum atomic E-state index is 5.07. The van der Waals surface area contributed by atoms with Gasteiger partial charge in [0.25, 0.3) is 0 Å². The third-order valence-corrected chi connectivity index (χ3v) is 3.38. The van der Waals surface area contributed by atoms with E-state index in [4.69, 9.17) is 4.74 Å². The van der Waals surface area contributed by atoms with Crippen molar-refractivity contribution in [3.05, 3.63) is 42.1 Å². The molecule has 0 aliphatic carbocycles. The van der Waals surface area contributed by atoms with Gasteiger partial charge in [0.2, 0.25) is 0 Å². The van der Waals surface area contributed by atoms with Crippen molar-refractivity contribution in [1.82, 2.24) is 15.2 Å². The van der Waals surface area contributed by atoms with E-state index in [1.807, 2.05) is 12.3 Å². The van der Waals surface area contributed by atoms with E-state index >= 15 is 0 Å². The van der Waals surface area contributed by atoms with E-state index in [0.717, 1.165) is 38.3 Å². The highest BCUT2D eigenvalue weighted by Crippen LogP contribution is 2.15. The van der Waals surface area contributed by atoms with Crippen LogP contribution in [0.5, 0.6) is 0 Å². The maximum Gasteiger partial charge on any atom is 0.0746 e. The lowest BCUT2D eigenvalue weighted by molar-refractivity contribution is 0.161. The second kappa shape index (κ2) is 7.94. The van der Waals surface area contributed by atoms with E-state index in [1.165, 1.54) is 10.9 Å². The van der Waals surface area contributed by atoms with Crippen molar-refractivity contribution < 1.29 is 4.74 Å². The Kier molecular flexibility index (Phi) is 5.92. The molecule has 0 bridgehead atoms. The van der Waals surface area contributed by atoms with Crippen molar-refractivity contribution in [3.8, 4) is 0 Å². The highest BCUT2D eigenvalue weighted by molar-refractivity contribution is 5.81. The van der Waals surface area contributed by atoms with Crippen molar-refractivity contribution in [3.63, 3.8) is 0 Å². The van der Waals surface area contributed by atoms with E-state index < -0.39 is 0 Å². The highest BCUT2D eigenvalue weighted by Gasteiger charge is 2.02. The number of pyridine rings is 1. The summed E-state index contributed by atoms with van der Waals surface area (Å²) in [5, 5.41) is 4.68. The Morgan fingerprint density at radius 2 is 2.05 bits per heavy atom. The molecule has 20 heavy (non-hydrogen) atoms. The molecule has 1 N–H and O–H groups in total. The van der Waals surface area contributed by atoms with Gasteiger partial charge in [-0.2, -0.15) is 0 Å². The standard InChI is InChI=1S/C16H23N3O/c1-19(11-12-20-2)10-9-17-13-15-6-3-5-14-7-4-8-18-16(14)15/h3-8,17H,9-13H2,1-2H3. The molecule has 0 radical (unpaired) electrons. The van der Waals surface area contributed by atoms with Gasteiger partial charge in [-0.15, -0.1) is 0 Å². The van der Waals surface area contributed by atoms with Gasteiger partial charge in [-0.1, -0.05) is 24.3 Å². The number of nitrogens with zero attached hydrogens (tertiary/aromatic N) is 2. The Balaban J connectivity index is 1.81. The van der Waals surface area contributed by atoms with Crippen molar-refractivity contribution in [2.45, 2.75) is 6.54 Å². The van der Waals surface area contributed by atoms with Crippen molar-refractivity contribution in [1.29, 1.82) is 0 Å². The predicted molar refractivity (Wildman–Crippen MR) is 82.8 cm³/mol. The van der Waals surface area contributed by atoms with Crippen LogP contribution in [0.25, 0.3) is 10.9 Å². The first kappa shape index (κ1) is 14.9. The SMILES string of the molecule is COCCN(C)CCNCc1cccc2cccnc12. The second-order valence-corrected chi connectivity index (χ2v) is 4.97. The first-order chi connectivity index (χ1) is 9.81. The Morgan fingerprint density at radius 1 is 1.20 bits per heavy atom. The zero-order valence-electron chi connectivity index (χ0n) is 12.3. The van der Waals surface area contributed by atoms with Gasteiger partial charge in [0.05, 0.1) is 12.1 Å². The fourth-order valence-electron chi connectivity index (χ4n) is 2.16. The summed E-state index contributed by atoms with van der Waals surface area (Å²) in [6, 6.07) is 10.4. The Bertz CT molecular complexity index is 525. The summed E-state index contributed by atoms with van der Waals surface area (Å²) < 4.78 is 5.07. The average molecular weight is 273 g/mol. The highest BCUT2D eigenvalue weighted by atomic mass is 16.5. The summed E-state index contributed by atoms with van der Waals surface area (Å²) in [7, 11) is 3.85. The summed E-state index contributed by atoms with van der Waals surface area (Å²) in [6.45, 7) is 4.58. The number of aromatic nitrogens is 1. The molecule has 4 heteroatoms. The third kappa shape index (κ3) is 4.27. The molecule has 2 aromatic rings. The van der Waals surface area contributed by atoms with Crippen LogP contribution in [-0.4, -0.2) is 50.3 Å². The molecule has 1 heterocycles. The van der Waals surface area contributed by atoms with Crippen LogP contribution >= 0.6 is 0 Å². The van der Waals surface area contributed by atoms with Gasteiger partial charge in [0, 0.05) is 44.9 Å². The second-order valence-electron chi connectivity index (χ2n) is 4.97. The van der Waals surface area contributed by atoms with Gasteiger partial charge in [0.15, 0.2) is 0 Å². The first-order valence-corrected chi connectivity index (χ1v) is 7.02. The molecule has 0 fully saturated rings.